The number of esters is 3. The van der Waals surface area contributed by atoms with Gasteiger partial charge in [-0.05, 0) is 25.7 Å². The Hall–Kier alpha value is -1.63. The first kappa shape index (κ1) is 16.4. The maximum Gasteiger partial charge on any atom is 0.323 e. The van der Waals surface area contributed by atoms with Gasteiger partial charge >= 0.3 is 17.9 Å². The van der Waals surface area contributed by atoms with Gasteiger partial charge in [-0.3, -0.25) is 14.4 Å². The summed E-state index contributed by atoms with van der Waals surface area (Å²) in [7, 11) is 2.38. The van der Waals surface area contributed by atoms with E-state index in [0.717, 1.165) is 0 Å². The summed E-state index contributed by atoms with van der Waals surface area (Å²) in [6, 6.07) is 0. The van der Waals surface area contributed by atoms with Crippen molar-refractivity contribution >= 4 is 17.9 Å². The zero-order valence-electron chi connectivity index (χ0n) is 11.9. The fraction of sp³-hybridized carbons (Fsp3) is 0.769. The van der Waals surface area contributed by atoms with Crippen LogP contribution in [0.3, 0.4) is 0 Å². The van der Waals surface area contributed by atoms with Gasteiger partial charge in [0.05, 0.1) is 20.3 Å². The number of aliphatic hydroxyl groups excluding tert-OH is 1. The normalized spacial score (nSPS) is 25.2. The number of ether oxygens (including phenoxy) is 3. The van der Waals surface area contributed by atoms with Crippen molar-refractivity contribution in [1.29, 1.82) is 0 Å². The highest BCUT2D eigenvalue weighted by Crippen LogP contribution is 2.38. The lowest BCUT2D eigenvalue weighted by molar-refractivity contribution is -0.170. The van der Waals surface area contributed by atoms with Crippen molar-refractivity contribution in [2.75, 3.05) is 14.2 Å². The quantitative estimate of drug-likeness (QED) is 0.342. The van der Waals surface area contributed by atoms with Crippen molar-refractivity contribution in [2.45, 2.75) is 44.8 Å². The highest BCUT2D eigenvalue weighted by atomic mass is 16.6. The largest absolute Gasteiger partial charge is 0.468 e. The van der Waals surface area contributed by atoms with Gasteiger partial charge in [0.25, 0.3) is 0 Å². The van der Waals surface area contributed by atoms with Gasteiger partial charge in [-0.15, -0.1) is 0 Å². The van der Waals surface area contributed by atoms with Crippen molar-refractivity contribution in [3.63, 3.8) is 0 Å². The second-order valence-corrected chi connectivity index (χ2v) is 4.86. The first-order valence-electron chi connectivity index (χ1n) is 6.39. The number of carbonyl (C=O) groups is 3. The molecule has 114 valence electrons. The molecule has 0 aliphatic heterocycles. The van der Waals surface area contributed by atoms with E-state index in [2.05, 4.69) is 0 Å². The molecule has 0 radical (unpaired) electrons. The van der Waals surface area contributed by atoms with E-state index in [0.29, 0.717) is 0 Å². The molecule has 7 nitrogen and oxygen atoms in total. The predicted molar refractivity (Wildman–Crippen MR) is 66.5 cm³/mol. The summed E-state index contributed by atoms with van der Waals surface area (Å²) < 4.78 is 14.4. The molecule has 2 atom stereocenters. The zero-order valence-corrected chi connectivity index (χ0v) is 11.9. The monoisotopic (exact) mass is 288 g/mol. The molecule has 0 saturated heterocycles. The smallest absolute Gasteiger partial charge is 0.323 e. The van der Waals surface area contributed by atoms with E-state index in [1.165, 1.54) is 21.1 Å². The number of carbonyl (C=O) groups excluding carboxylic acids is 3. The third-order valence-electron chi connectivity index (χ3n) is 3.62. The molecule has 1 aliphatic rings. The van der Waals surface area contributed by atoms with E-state index in [-0.39, 0.29) is 25.7 Å². The summed E-state index contributed by atoms with van der Waals surface area (Å²) in [6.45, 7) is 1.24. The molecule has 20 heavy (non-hydrogen) atoms. The minimum absolute atomic E-state index is 0.0886. The standard InChI is InChI=1S/C13H20O7/c1-8(14)20-10-5-7-13(11(16)18-2,12(17)19-3)6-4-9(10)15/h9-10,15H,4-7H2,1-3H3/t9-,10-/m0/s1. The minimum Gasteiger partial charge on any atom is -0.468 e. The van der Waals surface area contributed by atoms with Gasteiger partial charge in [0.2, 0.25) is 0 Å². The van der Waals surface area contributed by atoms with Crippen LogP contribution in [0.1, 0.15) is 32.6 Å². The van der Waals surface area contributed by atoms with Crippen LogP contribution >= 0.6 is 0 Å². The number of aliphatic hydroxyl groups is 1. The fourth-order valence-corrected chi connectivity index (χ4v) is 2.52. The molecule has 1 saturated carbocycles. The maximum atomic E-state index is 12.0. The molecule has 1 rings (SSSR count). The van der Waals surface area contributed by atoms with Crippen molar-refractivity contribution < 1.29 is 33.7 Å². The molecule has 0 unspecified atom stereocenters. The molecular weight excluding hydrogens is 268 g/mol. The molecule has 7 heteroatoms. The minimum atomic E-state index is -1.45. The Labute approximate surface area is 117 Å². The molecule has 1 aliphatic carbocycles. The lowest BCUT2D eigenvalue weighted by atomic mass is 9.80. The molecule has 0 amide bonds. The Kier molecular flexibility index (Phi) is 5.50. The predicted octanol–water partition coefficient (Wildman–Crippen LogP) is 0.185. The van der Waals surface area contributed by atoms with Gasteiger partial charge in [-0.2, -0.15) is 0 Å². The van der Waals surface area contributed by atoms with Crippen LogP contribution in [0.5, 0.6) is 0 Å². The molecule has 0 heterocycles. The van der Waals surface area contributed by atoms with Gasteiger partial charge in [-0.25, -0.2) is 0 Å². The van der Waals surface area contributed by atoms with E-state index in [9.17, 15) is 19.5 Å². The third kappa shape index (κ3) is 3.27. The fourth-order valence-electron chi connectivity index (χ4n) is 2.52. The van der Waals surface area contributed by atoms with Gasteiger partial charge in [-0.1, -0.05) is 0 Å². The molecule has 0 spiro atoms. The van der Waals surface area contributed by atoms with E-state index >= 15 is 0 Å². The van der Waals surface area contributed by atoms with Crippen LogP contribution in [-0.4, -0.2) is 49.4 Å². The third-order valence-corrected chi connectivity index (χ3v) is 3.62. The SMILES string of the molecule is COC(=O)C1(C(=O)OC)CC[C@H](OC(C)=O)[C@@H](O)CC1. The van der Waals surface area contributed by atoms with Crippen molar-refractivity contribution in [3.05, 3.63) is 0 Å². The van der Waals surface area contributed by atoms with Gasteiger partial charge in [0, 0.05) is 6.92 Å². The molecule has 1 fully saturated rings. The summed E-state index contributed by atoms with van der Waals surface area (Å²) >= 11 is 0. The van der Waals surface area contributed by atoms with Gasteiger partial charge < -0.3 is 19.3 Å². The molecule has 0 aromatic heterocycles. The summed E-state index contributed by atoms with van der Waals surface area (Å²) in [5, 5.41) is 9.96. The summed E-state index contributed by atoms with van der Waals surface area (Å²) in [5.74, 6) is -1.90. The zero-order chi connectivity index (χ0) is 15.3. The average Bonchev–Trinajstić information content (AvgIpc) is 2.58. The average molecular weight is 288 g/mol. The Morgan fingerprint density at radius 1 is 1.05 bits per heavy atom. The summed E-state index contributed by atoms with van der Waals surface area (Å²) in [5.41, 5.74) is -1.45. The van der Waals surface area contributed by atoms with E-state index in [1.807, 2.05) is 0 Å². The van der Waals surface area contributed by atoms with Crippen LogP contribution in [0.15, 0.2) is 0 Å². The topological polar surface area (TPSA) is 99.1 Å². The molecule has 0 aromatic rings. The highest BCUT2D eigenvalue weighted by molar-refractivity contribution is 6.00. The first-order chi connectivity index (χ1) is 9.37. The molecular formula is C13H20O7. The Morgan fingerprint density at radius 2 is 1.55 bits per heavy atom. The first-order valence-corrected chi connectivity index (χ1v) is 6.39. The van der Waals surface area contributed by atoms with Crippen molar-refractivity contribution in [3.8, 4) is 0 Å². The lowest BCUT2D eigenvalue weighted by Gasteiger charge is -2.26. The number of methoxy groups -OCH3 is 2. The van der Waals surface area contributed by atoms with Crippen LogP contribution < -0.4 is 0 Å². The number of hydrogen-bond acceptors (Lipinski definition) is 7. The van der Waals surface area contributed by atoms with Crippen LogP contribution in [0.25, 0.3) is 0 Å². The number of hydrogen-bond donors (Lipinski definition) is 1. The van der Waals surface area contributed by atoms with Gasteiger partial charge in [0.1, 0.15) is 6.10 Å². The maximum absolute atomic E-state index is 12.0. The highest BCUT2D eigenvalue weighted by Gasteiger charge is 2.50. The Balaban J connectivity index is 2.97. The van der Waals surface area contributed by atoms with Crippen LogP contribution in [0.4, 0.5) is 0 Å². The van der Waals surface area contributed by atoms with Crippen molar-refractivity contribution in [1.82, 2.24) is 0 Å². The Morgan fingerprint density at radius 3 is 2.00 bits per heavy atom. The van der Waals surface area contributed by atoms with Crippen LogP contribution in [0.2, 0.25) is 0 Å². The summed E-state index contributed by atoms with van der Waals surface area (Å²) in [6.07, 6.45) is -1.14. The van der Waals surface area contributed by atoms with E-state index in [4.69, 9.17) is 14.2 Å². The molecule has 0 aromatic carbocycles. The Bertz CT molecular complexity index is 374. The molecule has 0 bridgehead atoms. The van der Waals surface area contributed by atoms with E-state index in [1.54, 1.807) is 0 Å². The number of rotatable bonds is 3. The van der Waals surface area contributed by atoms with E-state index < -0.39 is 35.5 Å². The molecule has 1 N–H and O–H groups in total. The second-order valence-electron chi connectivity index (χ2n) is 4.86. The van der Waals surface area contributed by atoms with Crippen LogP contribution in [0, 0.1) is 5.41 Å². The van der Waals surface area contributed by atoms with Gasteiger partial charge in [0.15, 0.2) is 5.41 Å². The van der Waals surface area contributed by atoms with Crippen molar-refractivity contribution in [2.24, 2.45) is 5.41 Å². The lowest BCUT2D eigenvalue weighted by Crippen LogP contribution is -2.41. The second kappa shape index (κ2) is 6.69. The summed E-state index contributed by atoms with van der Waals surface area (Å²) in [4.78, 5) is 34.9. The van der Waals surface area contributed by atoms with Crippen LogP contribution in [-0.2, 0) is 28.6 Å².